The molecule has 69 heavy (non-hydrogen) atoms. The largest absolute Gasteiger partial charge is 0.462 e. The molecule has 0 radical (unpaired) electrons. The maximum Gasteiger partial charge on any atom is 0.306 e. The predicted molar refractivity (Wildman–Crippen MR) is 297 cm³/mol. The van der Waals surface area contributed by atoms with Gasteiger partial charge in [0, 0.05) is 19.3 Å². The van der Waals surface area contributed by atoms with Crippen molar-refractivity contribution in [2.24, 2.45) is 0 Å². The van der Waals surface area contributed by atoms with Gasteiger partial charge in [-0.15, -0.1) is 0 Å². The van der Waals surface area contributed by atoms with E-state index in [-0.39, 0.29) is 31.1 Å². The first-order chi connectivity index (χ1) is 34.0. The summed E-state index contributed by atoms with van der Waals surface area (Å²) in [6, 6.07) is 0. The summed E-state index contributed by atoms with van der Waals surface area (Å²) in [5.41, 5.74) is 0. The third kappa shape index (κ3) is 54.9. The molecular formula is C63H104O6. The monoisotopic (exact) mass is 957 g/mol. The molecule has 0 amide bonds. The van der Waals surface area contributed by atoms with Crippen molar-refractivity contribution in [2.45, 2.75) is 258 Å². The van der Waals surface area contributed by atoms with E-state index in [4.69, 9.17) is 14.2 Å². The van der Waals surface area contributed by atoms with Gasteiger partial charge in [0.25, 0.3) is 0 Å². The average Bonchev–Trinajstić information content (AvgIpc) is 3.35. The van der Waals surface area contributed by atoms with Crippen molar-refractivity contribution in [3.05, 3.63) is 109 Å². The summed E-state index contributed by atoms with van der Waals surface area (Å²) in [4.78, 5) is 38.2. The molecule has 1 atom stereocenters. The Bertz CT molecular complexity index is 1420. The fourth-order valence-corrected chi connectivity index (χ4v) is 7.58. The van der Waals surface area contributed by atoms with E-state index in [0.29, 0.717) is 19.3 Å². The highest BCUT2D eigenvalue weighted by Gasteiger charge is 2.19. The number of allylic oxidation sites excluding steroid dienone is 18. The van der Waals surface area contributed by atoms with Crippen molar-refractivity contribution in [3.8, 4) is 0 Å². The van der Waals surface area contributed by atoms with Crippen LogP contribution in [0.25, 0.3) is 0 Å². The lowest BCUT2D eigenvalue weighted by Gasteiger charge is -2.18. The molecule has 0 aliphatic heterocycles. The number of carbonyl (C=O) groups is 3. The van der Waals surface area contributed by atoms with Gasteiger partial charge < -0.3 is 14.2 Å². The second-order valence-electron chi connectivity index (χ2n) is 18.4. The summed E-state index contributed by atoms with van der Waals surface area (Å²) in [6.45, 7) is 6.37. The highest BCUT2D eigenvalue weighted by Crippen LogP contribution is 2.15. The fourth-order valence-electron chi connectivity index (χ4n) is 7.58. The highest BCUT2D eigenvalue weighted by molar-refractivity contribution is 5.71. The minimum absolute atomic E-state index is 0.0985. The van der Waals surface area contributed by atoms with Gasteiger partial charge in [-0.25, -0.2) is 0 Å². The molecule has 0 aromatic rings. The van der Waals surface area contributed by atoms with Gasteiger partial charge in [-0.3, -0.25) is 14.4 Å². The van der Waals surface area contributed by atoms with Gasteiger partial charge in [-0.05, 0) is 103 Å². The van der Waals surface area contributed by atoms with Crippen LogP contribution in [0.1, 0.15) is 252 Å². The van der Waals surface area contributed by atoms with Crippen LogP contribution in [0.4, 0.5) is 0 Å². The third-order valence-electron chi connectivity index (χ3n) is 11.8. The Morgan fingerprint density at radius 1 is 0.304 bits per heavy atom. The lowest BCUT2D eigenvalue weighted by atomic mass is 10.0. The Morgan fingerprint density at radius 2 is 0.565 bits per heavy atom. The van der Waals surface area contributed by atoms with Crippen LogP contribution in [0, 0.1) is 0 Å². The van der Waals surface area contributed by atoms with Crippen molar-refractivity contribution in [3.63, 3.8) is 0 Å². The zero-order valence-electron chi connectivity index (χ0n) is 44.8. The van der Waals surface area contributed by atoms with Gasteiger partial charge in [0.2, 0.25) is 0 Å². The molecule has 0 aromatic heterocycles. The molecule has 0 bridgehead atoms. The molecule has 0 rings (SSSR count). The normalized spacial score (nSPS) is 12.9. The molecule has 0 saturated carbocycles. The van der Waals surface area contributed by atoms with Crippen LogP contribution in [0.5, 0.6) is 0 Å². The molecule has 0 fully saturated rings. The van der Waals surface area contributed by atoms with E-state index in [2.05, 4.69) is 130 Å². The van der Waals surface area contributed by atoms with E-state index in [1.54, 1.807) is 0 Å². The van der Waals surface area contributed by atoms with E-state index in [9.17, 15) is 14.4 Å². The zero-order valence-corrected chi connectivity index (χ0v) is 44.8. The summed E-state index contributed by atoms with van der Waals surface area (Å²) in [5, 5.41) is 0. The molecule has 6 nitrogen and oxygen atoms in total. The zero-order chi connectivity index (χ0) is 50.0. The number of hydrogen-bond donors (Lipinski definition) is 0. The van der Waals surface area contributed by atoms with E-state index < -0.39 is 6.10 Å². The topological polar surface area (TPSA) is 78.9 Å². The van der Waals surface area contributed by atoms with Gasteiger partial charge in [0.15, 0.2) is 6.10 Å². The third-order valence-corrected chi connectivity index (χ3v) is 11.8. The second-order valence-corrected chi connectivity index (χ2v) is 18.4. The van der Waals surface area contributed by atoms with Crippen molar-refractivity contribution >= 4 is 17.9 Å². The minimum Gasteiger partial charge on any atom is -0.462 e. The molecule has 0 saturated heterocycles. The van der Waals surface area contributed by atoms with Gasteiger partial charge in [0.1, 0.15) is 13.2 Å². The lowest BCUT2D eigenvalue weighted by molar-refractivity contribution is -0.167. The number of carbonyl (C=O) groups excluding carboxylic acids is 3. The van der Waals surface area contributed by atoms with Crippen molar-refractivity contribution in [1.82, 2.24) is 0 Å². The quantitative estimate of drug-likeness (QED) is 0.0262. The van der Waals surface area contributed by atoms with Crippen molar-refractivity contribution in [2.75, 3.05) is 13.2 Å². The standard InChI is InChI=1S/C63H104O6/c1-4-7-10-13-16-19-22-25-28-30-31-33-35-38-41-44-47-50-53-56-62(65)68-59-60(58-67-61(64)55-52-49-46-43-40-37-34-27-24-21-18-15-12-9-6-3)69-63(66)57-54-51-48-45-42-39-36-32-29-26-23-20-17-14-11-8-5-2/h7-8,10-11,16-17,19-20,25-26,28-29,31,33,36,38-39,41,60H,4-6,9,12-15,18,21-24,27,30,32,34-35,37,40,42-59H2,1-3H3/b10-7-,11-8-,19-16-,20-17-,28-25-,29-26-,33-31-,39-36-,41-38-. The van der Waals surface area contributed by atoms with Gasteiger partial charge in [-0.2, -0.15) is 0 Å². The minimum atomic E-state index is -0.806. The van der Waals surface area contributed by atoms with Crippen LogP contribution < -0.4 is 0 Å². The molecular weight excluding hydrogens is 853 g/mol. The Hall–Kier alpha value is -3.93. The maximum absolute atomic E-state index is 12.8. The Morgan fingerprint density at radius 3 is 0.899 bits per heavy atom. The van der Waals surface area contributed by atoms with Crippen LogP contribution in [0.3, 0.4) is 0 Å². The summed E-state index contributed by atoms with van der Waals surface area (Å²) in [5.74, 6) is -0.954. The Balaban J connectivity index is 4.50. The molecule has 0 aliphatic carbocycles. The van der Waals surface area contributed by atoms with Crippen LogP contribution in [0.15, 0.2) is 109 Å². The summed E-state index contributed by atoms with van der Waals surface area (Å²) < 4.78 is 16.8. The van der Waals surface area contributed by atoms with E-state index in [1.807, 2.05) is 0 Å². The van der Waals surface area contributed by atoms with Crippen molar-refractivity contribution < 1.29 is 28.6 Å². The smallest absolute Gasteiger partial charge is 0.306 e. The molecule has 0 aromatic carbocycles. The second kappa shape index (κ2) is 56.7. The number of rotatable bonds is 50. The fraction of sp³-hybridized carbons (Fsp3) is 0.667. The molecule has 0 N–H and O–H groups in total. The molecule has 0 aliphatic rings. The molecule has 392 valence electrons. The number of hydrogen-bond acceptors (Lipinski definition) is 6. The summed E-state index contributed by atoms with van der Waals surface area (Å²) >= 11 is 0. The Labute approximate surface area is 425 Å². The summed E-state index contributed by atoms with van der Waals surface area (Å²) in [6.07, 6.45) is 76.4. The van der Waals surface area contributed by atoms with Gasteiger partial charge in [0.05, 0.1) is 0 Å². The lowest BCUT2D eigenvalue weighted by Crippen LogP contribution is -2.30. The average molecular weight is 958 g/mol. The molecule has 6 heteroatoms. The van der Waals surface area contributed by atoms with Crippen molar-refractivity contribution in [1.29, 1.82) is 0 Å². The number of ether oxygens (including phenoxy) is 3. The van der Waals surface area contributed by atoms with Crippen LogP contribution >= 0.6 is 0 Å². The van der Waals surface area contributed by atoms with Gasteiger partial charge in [-0.1, -0.05) is 239 Å². The van der Waals surface area contributed by atoms with E-state index in [1.165, 1.54) is 77.0 Å². The Kier molecular flexibility index (Phi) is 53.4. The molecule has 1 unspecified atom stereocenters. The number of unbranched alkanes of at least 4 members (excludes halogenated alkanes) is 21. The van der Waals surface area contributed by atoms with E-state index in [0.717, 1.165) is 135 Å². The molecule has 0 heterocycles. The highest BCUT2D eigenvalue weighted by atomic mass is 16.6. The van der Waals surface area contributed by atoms with Crippen LogP contribution in [-0.2, 0) is 28.6 Å². The van der Waals surface area contributed by atoms with E-state index >= 15 is 0 Å². The first-order valence-electron chi connectivity index (χ1n) is 28.4. The maximum atomic E-state index is 12.8. The van der Waals surface area contributed by atoms with Crippen LogP contribution in [-0.4, -0.2) is 37.2 Å². The first-order valence-corrected chi connectivity index (χ1v) is 28.4. The SMILES string of the molecule is CC/C=C\C/C=C\C/C=C\C/C=C\C/C=C\CCCCCC(=O)OCC(COC(=O)CCCCCCCCCCCCCCCCC)OC(=O)CCCCCC/C=C\C/C=C\C/C=C\C/C=C\CC. The predicted octanol–water partition coefficient (Wildman–Crippen LogP) is 19.1. The number of esters is 3. The van der Waals surface area contributed by atoms with Crippen LogP contribution in [0.2, 0.25) is 0 Å². The van der Waals surface area contributed by atoms with Gasteiger partial charge >= 0.3 is 17.9 Å². The molecule has 0 spiro atoms. The summed E-state index contributed by atoms with van der Waals surface area (Å²) in [7, 11) is 0. The first kappa shape index (κ1) is 65.1.